The molecule has 192 valence electrons. The van der Waals surface area contributed by atoms with E-state index in [2.05, 4.69) is 25.8 Å². The first-order valence-corrected chi connectivity index (χ1v) is 11.7. The van der Waals surface area contributed by atoms with Crippen LogP contribution in [0.4, 0.5) is 14.9 Å². The molecule has 1 saturated heterocycles. The van der Waals surface area contributed by atoms with Gasteiger partial charge in [-0.1, -0.05) is 16.4 Å². The molecular formula is C24H25FN8O4. The second kappa shape index (κ2) is 10.3. The SMILES string of the molecule is C[C@H](NC[C@@H]1CC(c2ccc(-c3ccc(N4C[C@H](Cn5ccnn5)OC4=O)cc3F)cn2)=NO1)C(N)=O. The number of carbonyl (C=O) groups is 2. The molecule has 0 unspecified atom stereocenters. The fraction of sp³-hybridized carbons (Fsp3) is 0.333. The van der Waals surface area contributed by atoms with E-state index in [0.717, 1.165) is 0 Å². The molecule has 0 aliphatic carbocycles. The number of nitrogens with two attached hydrogens (primary N) is 1. The van der Waals surface area contributed by atoms with Crippen LogP contribution in [-0.4, -0.2) is 69.0 Å². The zero-order valence-corrected chi connectivity index (χ0v) is 20.0. The third-order valence-corrected chi connectivity index (χ3v) is 6.18. The van der Waals surface area contributed by atoms with Crippen LogP contribution in [-0.2, 0) is 20.9 Å². The fourth-order valence-corrected chi connectivity index (χ4v) is 4.09. The second-order valence-electron chi connectivity index (χ2n) is 8.84. The van der Waals surface area contributed by atoms with E-state index < -0.39 is 30.0 Å². The number of anilines is 1. The monoisotopic (exact) mass is 508 g/mol. The van der Waals surface area contributed by atoms with Crippen molar-refractivity contribution in [1.82, 2.24) is 25.3 Å². The van der Waals surface area contributed by atoms with Crippen molar-refractivity contribution in [2.45, 2.75) is 38.1 Å². The quantitative estimate of drug-likeness (QED) is 0.441. The predicted octanol–water partition coefficient (Wildman–Crippen LogP) is 1.46. The minimum Gasteiger partial charge on any atom is -0.442 e. The molecule has 3 aromatic rings. The standard InChI is InChI=1S/C24H25FN8O4/c1-14(23(26)34)27-11-17-9-22(30-37-17)21-5-2-15(10-28-21)19-4-3-16(8-20(19)25)33-13-18(36-24(33)35)12-32-7-6-29-31-32/h2-8,10,14,17-18,27H,9,11-13H2,1H3,(H2,26,34)/t14-,17-,18-/m0/s1. The van der Waals surface area contributed by atoms with E-state index in [4.69, 9.17) is 15.3 Å². The van der Waals surface area contributed by atoms with E-state index in [1.807, 2.05) is 0 Å². The van der Waals surface area contributed by atoms with E-state index in [-0.39, 0.29) is 12.6 Å². The summed E-state index contributed by atoms with van der Waals surface area (Å²) in [6.45, 7) is 2.73. The molecule has 2 aliphatic heterocycles. The molecule has 0 bridgehead atoms. The number of ether oxygens (including phenoxy) is 1. The number of oxime groups is 1. The first kappa shape index (κ1) is 24.3. The average molecular weight is 509 g/mol. The summed E-state index contributed by atoms with van der Waals surface area (Å²) < 4.78 is 22.0. The van der Waals surface area contributed by atoms with Gasteiger partial charge < -0.3 is 20.6 Å². The number of hydrogen-bond acceptors (Lipinski definition) is 9. The Hall–Kier alpha value is -4.39. The Morgan fingerprint density at radius 3 is 2.86 bits per heavy atom. The molecule has 1 aromatic carbocycles. The number of amides is 2. The molecule has 12 nitrogen and oxygen atoms in total. The van der Waals surface area contributed by atoms with Gasteiger partial charge in [0.2, 0.25) is 5.91 Å². The molecule has 5 rings (SSSR count). The zero-order valence-electron chi connectivity index (χ0n) is 20.0. The molecule has 3 N–H and O–H groups in total. The summed E-state index contributed by atoms with van der Waals surface area (Å²) in [6, 6.07) is 7.62. The summed E-state index contributed by atoms with van der Waals surface area (Å²) in [5.41, 5.74) is 7.86. The topological polar surface area (TPSA) is 150 Å². The van der Waals surface area contributed by atoms with E-state index >= 15 is 4.39 Å². The minimum absolute atomic E-state index is 0.239. The number of pyridine rings is 1. The lowest BCUT2D eigenvalue weighted by Gasteiger charge is -2.14. The van der Waals surface area contributed by atoms with Crippen LogP contribution in [0.2, 0.25) is 0 Å². The normalized spacial score (nSPS) is 19.9. The Kier molecular flexibility index (Phi) is 6.77. The Morgan fingerprint density at radius 2 is 2.16 bits per heavy atom. The van der Waals surface area contributed by atoms with Crippen LogP contribution < -0.4 is 16.0 Å². The third-order valence-electron chi connectivity index (χ3n) is 6.18. The number of rotatable bonds is 9. The smallest absolute Gasteiger partial charge is 0.414 e. The maximum Gasteiger partial charge on any atom is 0.414 e. The summed E-state index contributed by atoms with van der Waals surface area (Å²) in [7, 11) is 0. The third kappa shape index (κ3) is 5.40. The minimum atomic E-state index is -0.541. The highest BCUT2D eigenvalue weighted by Gasteiger charge is 2.33. The molecule has 0 radical (unpaired) electrons. The summed E-state index contributed by atoms with van der Waals surface area (Å²) in [5, 5.41) is 14.7. The number of nitrogens with zero attached hydrogens (tertiary/aromatic N) is 6. The molecule has 3 atom stereocenters. The van der Waals surface area contributed by atoms with Crippen molar-refractivity contribution >= 4 is 23.4 Å². The number of hydrogen-bond donors (Lipinski definition) is 2. The highest BCUT2D eigenvalue weighted by atomic mass is 19.1. The van der Waals surface area contributed by atoms with E-state index in [9.17, 15) is 9.59 Å². The lowest BCUT2D eigenvalue weighted by atomic mass is 10.0. The number of cyclic esters (lactones) is 1. The van der Waals surface area contributed by atoms with Gasteiger partial charge in [0.05, 0.1) is 36.7 Å². The number of aromatic nitrogens is 4. The zero-order chi connectivity index (χ0) is 25.9. The van der Waals surface area contributed by atoms with Crippen LogP contribution in [0.3, 0.4) is 0 Å². The van der Waals surface area contributed by atoms with Crippen LogP contribution in [0.1, 0.15) is 19.0 Å². The average Bonchev–Trinajstić information content (AvgIpc) is 3.65. The van der Waals surface area contributed by atoms with E-state index in [0.29, 0.717) is 47.7 Å². The van der Waals surface area contributed by atoms with Crippen molar-refractivity contribution < 1.29 is 23.6 Å². The van der Waals surface area contributed by atoms with Gasteiger partial charge in [0.15, 0.2) is 0 Å². The molecule has 4 heterocycles. The van der Waals surface area contributed by atoms with Gasteiger partial charge in [-0.15, -0.1) is 5.10 Å². The fourth-order valence-electron chi connectivity index (χ4n) is 4.09. The maximum atomic E-state index is 15.1. The van der Waals surface area contributed by atoms with Gasteiger partial charge in [-0.25, -0.2) is 13.9 Å². The highest BCUT2D eigenvalue weighted by Crippen LogP contribution is 2.29. The van der Waals surface area contributed by atoms with Crippen molar-refractivity contribution in [2.24, 2.45) is 10.9 Å². The predicted molar refractivity (Wildman–Crippen MR) is 130 cm³/mol. The van der Waals surface area contributed by atoms with Crippen molar-refractivity contribution in [3.8, 4) is 11.1 Å². The highest BCUT2D eigenvalue weighted by molar-refractivity contribution is 5.99. The molecule has 37 heavy (non-hydrogen) atoms. The number of nitrogens with one attached hydrogen (secondary N) is 1. The van der Waals surface area contributed by atoms with Crippen molar-refractivity contribution in [3.05, 3.63) is 60.4 Å². The van der Waals surface area contributed by atoms with Crippen LogP contribution >= 0.6 is 0 Å². The Labute approximate surface area is 211 Å². The first-order chi connectivity index (χ1) is 17.9. The lowest BCUT2D eigenvalue weighted by Crippen LogP contribution is -2.42. The Morgan fingerprint density at radius 1 is 1.30 bits per heavy atom. The van der Waals surface area contributed by atoms with E-state index in [1.54, 1.807) is 54.5 Å². The largest absolute Gasteiger partial charge is 0.442 e. The molecule has 0 spiro atoms. The van der Waals surface area contributed by atoms with Gasteiger partial charge in [0, 0.05) is 36.5 Å². The van der Waals surface area contributed by atoms with Gasteiger partial charge >= 0.3 is 6.09 Å². The van der Waals surface area contributed by atoms with Gasteiger partial charge in [-0.05, 0) is 31.2 Å². The van der Waals surface area contributed by atoms with Gasteiger partial charge in [-0.2, -0.15) is 0 Å². The second-order valence-corrected chi connectivity index (χ2v) is 8.84. The summed E-state index contributed by atoms with van der Waals surface area (Å²) in [6.07, 6.45) is 4.10. The first-order valence-electron chi connectivity index (χ1n) is 11.7. The van der Waals surface area contributed by atoms with Crippen LogP contribution in [0, 0.1) is 5.82 Å². The molecule has 13 heteroatoms. The van der Waals surface area contributed by atoms with E-state index in [1.165, 1.54) is 11.0 Å². The van der Waals surface area contributed by atoms with Gasteiger partial charge in [0.25, 0.3) is 0 Å². The van der Waals surface area contributed by atoms with Crippen molar-refractivity contribution in [3.63, 3.8) is 0 Å². The summed E-state index contributed by atoms with van der Waals surface area (Å²) >= 11 is 0. The van der Waals surface area contributed by atoms with Crippen LogP contribution in [0.25, 0.3) is 11.1 Å². The number of benzene rings is 1. The van der Waals surface area contributed by atoms with Crippen molar-refractivity contribution in [1.29, 1.82) is 0 Å². The number of primary amides is 1. The summed E-state index contributed by atoms with van der Waals surface area (Å²) in [4.78, 5) is 34.7. The molecule has 0 saturated carbocycles. The number of carbonyl (C=O) groups excluding carboxylic acids is 2. The van der Waals surface area contributed by atoms with Crippen LogP contribution in [0.5, 0.6) is 0 Å². The maximum absolute atomic E-state index is 15.1. The van der Waals surface area contributed by atoms with Crippen molar-refractivity contribution in [2.75, 3.05) is 18.0 Å². The molecule has 2 amide bonds. The Bertz CT molecular complexity index is 1310. The summed E-state index contributed by atoms with van der Waals surface area (Å²) in [5.74, 6) is -0.930. The van der Waals surface area contributed by atoms with Gasteiger partial charge in [-0.3, -0.25) is 14.7 Å². The molecular weight excluding hydrogens is 483 g/mol. The Balaban J connectivity index is 1.21. The van der Waals surface area contributed by atoms with Crippen LogP contribution in [0.15, 0.2) is 54.1 Å². The molecule has 2 aromatic heterocycles. The lowest BCUT2D eigenvalue weighted by molar-refractivity contribution is -0.119. The van der Waals surface area contributed by atoms with Gasteiger partial charge in [0.1, 0.15) is 23.7 Å². The molecule has 1 fully saturated rings. The molecule has 2 aliphatic rings. The number of halogens is 1.